The molecule has 0 atom stereocenters. The molecule has 1 aromatic carbocycles. The molecule has 0 aliphatic heterocycles. The van der Waals surface area contributed by atoms with Gasteiger partial charge in [-0.2, -0.15) is 0 Å². The van der Waals surface area contributed by atoms with Crippen LogP contribution in [0.4, 0.5) is 0 Å². The Kier molecular flexibility index (Phi) is 6.23. The molecule has 0 spiro atoms. The van der Waals surface area contributed by atoms with Gasteiger partial charge in [0.15, 0.2) is 0 Å². The van der Waals surface area contributed by atoms with Crippen LogP contribution in [0.2, 0.25) is 0 Å². The van der Waals surface area contributed by atoms with Crippen LogP contribution in [0, 0.1) is 0 Å². The number of nitrogens with one attached hydrogen (secondary N) is 1. The summed E-state index contributed by atoms with van der Waals surface area (Å²) >= 11 is 4.35. The van der Waals surface area contributed by atoms with E-state index < -0.39 is 5.97 Å². The van der Waals surface area contributed by atoms with Gasteiger partial charge in [0, 0.05) is 11.3 Å². The molecular weight excluding hydrogens is 382 g/mol. The summed E-state index contributed by atoms with van der Waals surface area (Å²) in [6, 6.07) is 5.33. The molecule has 2 rings (SSSR count). The zero-order chi connectivity index (χ0) is 16.8. The zero-order valence-corrected chi connectivity index (χ0v) is 15.0. The van der Waals surface area contributed by atoms with E-state index in [2.05, 4.69) is 31.1 Å². The molecule has 0 saturated carbocycles. The van der Waals surface area contributed by atoms with Crippen molar-refractivity contribution in [3.05, 3.63) is 39.0 Å². The first-order chi connectivity index (χ1) is 11.0. The van der Waals surface area contributed by atoms with Gasteiger partial charge in [-0.3, -0.25) is 5.10 Å². The Hall–Kier alpha value is -1.80. The smallest absolute Gasteiger partial charge is 0.213 e. The number of benzene rings is 1. The van der Waals surface area contributed by atoms with Crippen molar-refractivity contribution in [1.82, 2.24) is 15.2 Å². The number of carbonyl (C=O) groups is 1. The third-order valence-corrected chi connectivity index (χ3v) is 4.29. The fourth-order valence-corrected chi connectivity index (χ4v) is 2.97. The highest BCUT2D eigenvalue weighted by Crippen LogP contribution is 2.29. The Morgan fingerprint density at radius 2 is 2.26 bits per heavy atom. The van der Waals surface area contributed by atoms with Crippen LogP contribution >= 0.6 is 27.7 Å². The maximum Gasteiger partial charge on any atom is 0.213 e. The molecule has 6 nitrogen and oxygen atoms in total. The second-order valence-electron chi connectivity index (χ2n) is 4.44. The molecule has 0 radical (unpaired) electrons. The molecule has 1 heterocycles. The number of aromatic amines is 1. The molecule has 1 N–H and O–H groups in total. The average Bonchev–Trinajstić information content (AvgIpc) is 2.97. The zero-order valence-electron chi connectivity index (χ0n) is 12.6. The number of hydrogen-bond donors (Lipinski definition) is 1. The van der Waals surface area contributed by atoms with Gasteiger partial charge in [0.05, 0.1) is 17.0 Å². The number of nitrogens with zero attached hydrogens (tertiary/aromatic N) is 2. The molecule has 0 unspecified atom stereocenters. The number of H-pyrrole nitrogens is 1. The Labute approximate surface area is 146 Å². The summed E-state index contributed by atoms with van der Waals surface area (Å²) in [7, 11) is 0. The van der Waals surface area contributed by atoms with Gasteiger partial charge in [-0.05, 0) is 58.4 Å². The van der Waals surface area contributed by atoms with E-state index >= 15 is 0 Å². The lowest BCUT2D eigenvalue weighted by atomic mass is 10.2. The number of ether oxygens (including phenoxy) is 1. The topological polar surface area (TPSA) is 90.9 Å². The lowest BCUT2D eigenvalue weighted by Gasteiger charge is -2.08. The fourth-order valence-electron chi connectivity index (χ4n) is 1.74. The number of carboxylic acids is 1. The summed E-state index contributed by atoms with van der Waals surface area (Å²) in [5.74, 6) is 0.130. The SMILES string of the molecule is CCOc1ccc(/C=C(\Sc2n[nH]c(CC)n2)C(=O)[O-])cc1Br. The third-order valence-electron chi connectivity index (χ3n) is 2.80. The Morgan fingerprint density at radius 3 is 2.83 bits per heavy atom. The van der Waals surface area contributed by atoms with Gasteiger partial charge in [-0.25, -0.2) is 4.98 Å². The fraction of sp³-hybridized carbons (Fsp3) is 0.267. The van der Waals surface area contributed by atoms with E-state index in [1.165, 1.54) is 6.08 Å². The maximum absolute atomic E-state index is 11.3. The maximum atomic E-state index is 11.3. The first-order valence-corrected chi connectivity index (χ1v) is 8.59. The summed E-state index contributed by atoms with van der Waals surface area (Å²) in [6.45, 7) is 4.38. The van der Waals surface area contributed by atoms with Crippen molar-refractivity contribution in [2.24, 2.45) is 0 Å². The average molecular weight is 397 g/mol. The van der Waals surface area contributed by atoms with Gasteiger partial charge in [0.2, 0.25) is 5.16 Å². The van der Waals surface area contributed by atoms with Gasteiger partial charge in [-0.1, -0.05) is 13.0 Å². The lowest BCUT2D eigenvalue weighted by molar-refractivity contribution is -0.297. The minimum absolute atomic E-state index is 0.0303. The van der Waals surface area contributed by atoms with Gasteiger partial charge in [0.25, 0.3) is 0 Å². The highest BCUT2D eigenvalue weighted by molar-refractivity contribution is 9.10. The van der Waals surface area contributed by atoms with E-state index in [-0.39, 0.29) is 4.91 Å². The molecule has 0 aliphatic carbocycles. The standard InChI is InChI=1S/C15H16BrN3O3S/c1-3-13-17-15(19-18-13)23-12(14(20)21)8-9-5-6-11(22-4-2)10(16)7-9/h5-8H,3-4H2,1-2H3,(H,20,21)(H,17,18,19)/p-1/b12-8-. The molecular formula is C15H15BrN3O3S-. The number of aryl methyl sites for hydroxylation is 1. The number of carboxylic acid groups (broad SMARTS) is 1. The predicted molar refractivity (Wildman–Crippen MR) is 89.9 cm³/mol. The number of aliphatic carboxylic acids is 1. The molecule has 0 bridgehead atoms. The molecule has 0 aliphatic rings. The largest absolute Gasteiger partial charge is 0.544 e. The summed E-state index contributed by atoms with van der Waals surface area (Å²) in [4.78, 5) is 15.6. The van der Waals surface area contributed by atoms with E-state index in [9.17, 15) is 9.90 Å². The van der Waals surface area contributed by atoms with Crippen molar-refractivity contribution in [2.45, 2.75) is 25.4 Å². The van der Waals surface area contributed by atoms with Crippen LogP contribution in [0.3, 0.4) is 0 Å². The summed E-state index contributed by atoms with van der Waals surface area (Å²) < 4.78 is 6.18. The van der Waals surface area contributed by atoms with E-state index in [0.717, 1.165) is 16.2 Å². The molecule has 0 fully saturated rings. The minimum atomic E-state index is -1.28. The minimum Gasteiger partial charge on any atom is -0.544 e. The second-order valence-corrected chi connectivity index (χ2v) is 6.30. The van der Waals surface area contributed by atoms with Crippen molar-refractivity contribution < 1.29 is 14.6 Å². The molecule has 8 heteroatoms. The van der Waals surface area contributed by atoms with Crippen LogP contribution in [0.25, 0.3) is 6.08 Å². The van der Waals surface area contributed by atoms with Crippen molar-refractivity contribution in [1.29, 1.82) is 0 Å². The third kappa shape index (κ3) is 4.84. The molecule has 2 aromatic rings. The molecule has 0 amide bonds. The van der Waals surface area contributed by atoms with Crippen LogP contribution in [0.1, 0.15) is 25.2 Å². The van der Waals surface area contributed by atoms with E-state index in [4.69, 9.17) is 4.74 Å². The van der Waals surface area contributed by atoms with Gasteiger partial charge in [-0.15, -0.1) is 5.10 Å². The molecule has 0 saturated heterocycles. The second kappa shape index (κ2) is 8.16. The monoisotopic (exact) mass is 396 g/mol. The molecule has 122 valence electrons. The van der Waals surface area contributed by atoms with Crippen LogP contribution < -0.4 is 9.84 Å². The number of halogens is 1. The Morgan fingerprint density at radius 1 is 1.48 bits per heavy atom. The van der Waals surface area contributed by atoms with Crippen molar-refractivity contribution in [2.75, 3.05) is 6.61 Å². The quantitative estimate of drug-likeness (QED) is 0.570. The summed E-state index contributed by atoms with van der Waals surface area (Å²) in [5, 5.41) is 18.4. The van der Waals surface area contributed by atoms with Gasteiger partial charge < -0.3 is 14.6 Å². The van der Waals surface area contributed by atoms with Crippen LogP contribution in [0.5, 0.6) is 5.75 Å². The number of hydrogen-bond acceptors (Lipinski definition) is 6. The first kappa shape index (κ1) is 17.6. The molecule has 23 heavy (non-hydrogen) atoms. The predicted octanol–water partition coefficient (Wildman–Crippen LogP) is 2.41. The van der Waals surface area contributed by atoms with Gasteiger partial charge in [0.1, 0.15) is 11.6 Å². The van der Waals surface area contributed by atoms with E-state index in [0.29, 0.717) is 35.3 Å². The van der Waals surface area contributed by atoms with Crippen LogP contribution in [-0.2, 0) is 11.2 Å². The Bertz CT molecular complexity index is 731. The van der Waals surface area contributed by atoms with Crippen molar-refractivity contribution in [3.8, 4) is 5.75 Å². The number of thioether (sulfide) groups is 1. The van der Waals surface area contributed by atoms with Crippen molar-refractivity contribution in [3.63, 3.8) is 0 Å². The van der Waals surface area contributed by atoms with Gasteiger partial charge >= 0.3 is 0 Å². The molecule has 1 aromatic heterocycles. The van der Waals surface area contributed by atoms with Crippen LogP contribution in [0.15, 0.2) is 32.7 Å². The normalized spacial score (nSPS) is 11.5. The van der Waals surface area contributed by atoms with Crippen LogP contribution in [-0.4, -0.2) is 27.8 Å². The summed E-state index contributed by atoms with van der Waals surface area (Å²) in [5.41, 5.74) is 0.707. The highest BCUT2D eigenvalue weighted by Gasteiger charge is 2.09. The van der Waals surface area contributed by atoms with E-state index in [1.807, 2.05) is 13.8 Å². The lowest BCUT2D eigenvalue weighted by Crippen LogP contribution is -2.23. The number of rotatable bonds is 7. The highest BCUT2D eigenvalue weighted by atomic mass is 79.9. The van der Waals surface area contributed by atoms with Crippen molar-refractivity contribution >= 4 is 39.7 Å². The Balaban J connectivity index is 2.24. The first-order valence-electron chi connectivity index (χ1n) is 6.98. The summed E-state index contributed by atoms with van der Waals surface area (Å²) in [6.07, 6.45) is 2.21. The number of aromatic nitrogens is 3. The number of carbonyl (C=O) groups excluding carboxylic acids is 1. The van der Waals surface area contributed by atoms with E-state index in [1.54, 1.807) is 18.2 Å².